The van der Waals surface area contributed by atoms with Crippen molar-refractivity contribution in [3.05, 3.63) is 64.5 Å². The molecule has 0 radical (unpaired) electrons. The van der Waals surface area contributed by atoms with Gasteiger partial charge in [0.2, 0.25) is 0 Å². The standard InChI is InChI=1S/C22H22F3N3O4/c1-3-32-21(31)17-8-9-18(26-14(17)2)20(30)28-12-10-27(11-13-28)19(29)15-4-6-16(7-5-15)22(23,24)25/h4-9H,3,10-13H2,1-2H3. The minimum atomic E-state index is -4.46. The number of carbonyl (C=O) groups is 3. The van der Waals surface area contributed by atoms with E-state index in [2.05, 4.69) is 4.98 Å². The molecular formula is C22H22F3N3O4. The lowest BCUT2D eigenvalue weighted by atomic mass is 10.1. The van der Waals surface area contributed by atoms with Gasteiger partial charge in [-0.2, -0.15) is 13.2 Å². The van der Waals surface area contributed by atoms with Crippen LogP contribution in [0.1, 0.15) is 49.4 Å². The summed E-state index contributed by atoms with van der Waals surface area (Å²) in [6.45, 7) is 4.53. The van der Waals surface area contributed by atoms with Gasteiger partial charge in [0.05, 0.1) is 23.4 Å². The molecule has 170 valence electrons. The number of esters is 1. The van der Waals surface area contributed by atoms with Crippen molar-refractivity contribution in [2.24, 2.45) is 0 Å². The van der Waals surface area contributed by atoms with Gasteiger partial charge >= 0.3 is 12.1 Å². The molecule has 1 aromatic heterocycles. The van der Waals surface area contributed by atoms with Crippen LogP contribution in [-0.4, -0.2) is 65.4 Å². The number of hydrogen-bond donors (Lipinski definition) is 0. The van der Waals surface area contributed by atoms with E-state index in [1.54, 1.807) is 18.7 Å². The number of amides is 2. The first-order valence-electron chi connectivity index (χ1n) is 10.0. The molecule has 2 amide bonds. The highest BCUT2D eigenvalue weighted by atomic mass is 19.4. The molecule has 3 rings (SSSR count). The zero-order chi connectivity index (χ0) is 23.5. The predicted octanol–water partition coefficient (Wildman–Crippen LogP) is 3.18. The number of alkyl halides is 3. The van der Waals surface area contributed by atoms with Gasteiger partial charge in [-0.3, -0.25) is 9.59 Å². The van der Waals surface area contributed by atoms with E-state index in [0.717, 1.165) is 24.3 Å². The minimum Gasteiger partial charge on any atom is -0.462 e. The Balaban J connectivity index is 1.61. The van der Waals surface area contributed by atoms with Crippen molar-refractivity contribution < 1.29 is 32.3 Å². The van der Waals surface area contributed by atoms with Crippen molar-refractivity contribution in [3.8, 4) is 0 Å². The van der Waals surface area contributed by atoms with E-state index in [9.17, 15) is 27.6 Å². The largest absolute Gasteiger partial charge is 0.462 e. The number of carbonyl (C=O) groups excluding carboxylic acids is 3. The third kappa shape index (κ3) is 5.06. The summed E-state index contributed by atoms with van der Waals surface area (Å²) in [5, 5.41) is 0. The van der Waals surface area contributed by atoms with Gasteiger partial charge in [0.1, 0.15) is 5.69 Å². The maximum atomic E-state index is 12.8. The van der Waals surface area contributed by atoms with Gasteiger partial charge in [-0.05, 0) is 50.2 Å². The second-order valence-corrected chi connectivity index (χ2v) is 7.21. The number of ether oxygens (including phenoxy) is 1. The molecule has 1 aliphatic rings. The van der Waals surface area contributed by atoms with Crippen LogP contribution in [0.5, 0.6) is 0 Å². The maximum absolute atomic E-state index is 12.8. The van der Waals surface area contributed by atoms with E-state index in [1.165, 1.54) is 17.0 Å². The highest BCUT2D eigenvalue weighted by molar-refractivity contribution is 5.96. The lowest BCUT2D eigenvalue weighted by Crippen LogP contribution is -2.50. The van der Waals surface area contributed by atoms with Gasteiger partial charge in [-0.25, -0.2) is 9.78 Å². The molecule has 1 saturated heterocycles. The van der Waals surface area contributed by atoms with Crippen molar-refractivity contribution in [3.63, 3.8) is 0 Å². The predicted molar refractivity (Wildman–Crippen MR) is 108 cm³/mol. The molecule has 0 saturated carbocycles. The molecule has 0 aliphatic carbocycles. The fourth-order valence-electron chi connectivity index (χ4n) is 3.36. The Kier molecular flexibility index (Phi) is 6.81. The second-order valence-electron chi connectivity index (χ2n) is 7.21. The second kappa shape index (κ2) is 9.37. The third-order valence-electron chi connectivity index (χ3n) is 5.11. The molecule has 7 nitrogen and oxygen atoms in total. The van der Waals surface area contributed by atoms with Crippen LogP contribution in [0.3, 0.4) is 0 Å². The Morgan fingerprint density at radius 3 is 2.00 bits per heavy atom. The van der Waals surface area contributed by atoms with Crippen molar-refractivity contribution in [2.45, 2.75) is 20.0 Å². The molecule has 0 unspecified atom stereocenters. The van der Waals surface area contributed by atoms with Gasteiger partial charge in [-0.15, -0.1) is 0 Å². The molecule has 0 spiro atoms. The molecule has 2 heterocycles. The first-order chi connectivity index (χ1) is 15.1. The number of pyridine rings is 1. The number of aromatic nitrogens is 1. The van der Waals surface area contributed by atoms with Crippen LogP contribution >= 0.6 is 0 Å². The zero-order valence-electron chi connectivity index (χ0n) is 17.6. The van der Waals surface area contributed by atoms with Crippen LogP contribution in [0, 0.1) is 6.92 Å². The Morgan fingerprint density at radius 2 is 1.50 bits per heavy atom. The molecule has 0 atom stereocenters. The Labute approximate surface area is 182 Å². The maximum Gasteiger partial charge on any atom is 0.416 e. The molecular weight excluding hydrogens is 427 g/mol. The zero-order valence-corrected chi connectivity index (χ0v) is 17.6. The van der Waals surface area contributed by atoms with Crippen molar-refractivity contribution in [1.29, 1.82) is 0 Å². The SMILES string of the molecule is CCOC(=O)c1ccc(C(=O)N2CCN(C(=O)c3ccc(C(F)(F)F)cc3)CC2)nc1C. The van der Waals surface area contributed by atoms with E-state index >= 15 is 0 Å². The molecule has 32 heavy (non-hydrogen) atoms. The van der Waals surface area contributed by atoms with E-state index in [1.807, 2.05) is 0 Å². The summed E-state index contributed by atoms with van der Waals surface area (Å²) in [7, 11) is 0. The lowest BCUT2D eigenvalue weighted by Gasteiger charge is -2.34. The van der Waals surface area contributed by atoms with Crippen molar-refractivity contribution >= 4 is 17.8 Å². The van der Waals surface area contributed by atoms with Gasteiger partial charge < -0.3 is 14.5 Å². The average molecular weight is 449 g/mol. The van der Waals surface area contributed by atoms with E-state index in [0.29, 0.717) is 5.69 Å². The van der Waals surface area contributed by atoms with Gasteiger partial charge in [0.15, 0.2) is 0 Å². The summed E-state index contributed by atoms with van der Waals surface area (Å²) in [6.07, 6.45) is -4.46. The van der Waals surface area contributed by atoms with Gasteiger partial charge in [-0.1, -0.05) is 0 Å². The van der Waals surface area contributed by atoms with Crippen LogP contribution in [0.15, 0.2) is 36.4 Å². The number of aryl methyl sites for hydroxylation is 1. The fraction of sp³-hybridized carbons (Fsp3) is 0.364. The Hall–Kier alpha value is -3.43. The number of rotatable bonds is 4. The highest BCUT2D eigenvalue weighted by Gasteiger charge is 2.31. The summed E-state index contributed by atoms with van der Waals surface area (Å²) < 4.78 is 43.0. The summed E-state index contributed by atoms with van der Waals surface area (Å²) in [5.74, 6) is -1.23. The number of halogens is 3. The highest BCUT2D eigenvalue weighted by Crippen LogP contribution is 2.29. The molecule has 1 aromatic carbocycles. The molecule has 2 aromatic rings. The van der Waals surface area contributed by atoms with Gasteiger partial charge in [0.25, 0.3) is 11.8 Å². The quantitative estimate of drug-likeness (QED) is 0.670. The first-order valence-corrected chi connectivity index (χ1v) is 10.0. The normalized spacial score (nSPS) is 14.3. The van der Waals surface area contributed by atoms with Crippen LogP contribution in [0.25, 0.3) is 0 Å². The van der Waals surface area contributed by atoms with Crippen LogP contribution < -0.4 is 0 Å². The minimum absolute atomic E-state index is 0.157. The Bertz CT molecular complexity index is 1010. The van der Waals surface area contributed by atoms with Crippen LogP contribution in [0.2, 0.25) is 0 Å². The number of hydrogen-bond acceptors (Lipinski definition) is 5. The number of piperazine rings is 1. The smallest absolute Gasteiger partial charge is 0.416 e. The molecule has 0 N–H and O–H groups in total. The third-order valence-corrected chi connectivity index (χ3v) is 5.11. The summed E-state index contributed by atoms with van der Waals surface area (Å²) in [6, 6.07) is 7.02. The van der Waals surface area contributed by atoms with Crippen LogP contribution in [-0.2, 0) is 10.9 Å². The molecule has 10 heteroatoms. The van der Waals surface area contributed by atoms with Gasteiger partial charge in [0, 0.05) is 31.7 Å². The monoisotopic (exact) mass is 449 g/mol. The molecule has 1 aliphatic heterocycles. The lowest BCUT2D eigenvalue weighted by molar-refractivity contribution is -0.137. The molecule has 0 bridgehead atoms. The van der Waals surface area contributed by atoms with E-state index < -0.39 is 23.6 Å². The fourth-order valence-corrected chi connectivity index (χ4v) is 3.36. The summed E-state index contributed by atoms with van der Waals surface area (Å²) in [5.41, 5.74) is 0.185. The topological polar surface area (TPSA) is 79.8 Å². The van der Waals surface area contributed by atoms with E-state index in [4.69, 9.17) is 4.74 Å². The Morgan fingerprint density at radius 1 is 0.938 bits per heavy atom. The molecule has 1 fully saturated rings. The number of nitrogens with zero attached hydrogens (tertiary/aromatic N) is 3. The van der Waals surface area contributed by atoms with E-state index in [-0.39, 0.29) is 55.5 Å². The van der Waals surface area contributed by atoms with Crippen LogP contribution in [0.4, 0.5) is 13.2 Å². The summed E-state index contributed by atoms with van der Waals surface area (Å²) >= 11 is 0. The number of benzene rings is 1. The van der Waals surface area contributed by atoms with Crippen molar-refractivity contribution in [1.82, 2.24) is 14.8 Å². The van der Waals surface area contributed by atoms with Crippen molar-refractivity contribution in [2.75, 3.05) is 32.8 Å². The first kappa shape index (κ1) is 23.2. The summed E-state index contributed by atoms with van der Waals surface area (Å²) in [4.78, 5) is 44.5. The average Bonchev–Trinajstić information content (AvgIpc) is 2.77.